The molecule has 20 heavy (non-hydrogen) atoms. The van der Waals surface area contributed by atoms with Gasteiger partial charge in [-0.25, -0.2) is 0 Å². The van der Waals surface area contributed by atoms with E-state index in [0.29, 0.717) is 18.7 Å². The number of nitrogens with two attached hydrogens (primary N) is 1. The van der Waals surface area contributed by atoms with Crippen LogP contribution in [0.15, 0.2) is 23.1 Å². The van der Waals surface area contributed by atoms with Crippen molar-refractivity contribution in [3.8, 4) is 0 Å². The Morgan fingerprint density at radius 3 is 2.80 bits per heavy atom. The van der Waals surface area contributed by atoms with Crippen molar-refractivity contribution < 1.29 is 9.90 Å². The highest BCUT2D eigenvalue weighted by Gasteiger charge is 2.18. The number of carbonyl (C=O) groups excluding carboxylic acids is 1. The smallest absolute Gasteiger partial charge is 0.251 e. The minimum absolute atomic E-state index is 0.0417. The summed E-state index contributed by atoms with van der Waals surface area (Å²) in [5, 5.41) is 11.6. The summed E-state index contributed by atoms with van der Waals surface area (Å²) in [6, 6.07) is 2.85. The fourth-order valence-corrected chi connectivity index (χ4v) is 1.87. The lowest BCUT2D eigenvalue weighted by Gasteiger charge is -2.24. The quantitative estimate of drug-likeness (QED) is 0.671. The van der Waals surface area contributed by atoms with Gasteiger partial charge in [0.2, 0.25) is 5.91 Å². The molecule has 0 saturated heterocycles. The maximum atomic E-state index is 11.8. The number of amides is 1. The van der Waals surface area contributed by atoms with Crippen molar-refractivity contribution in [1.82, 2.24) is 9.88 Å². The van der Waals surface area contributed by atoms with E-state index in [1.54, 1.807) is 0 Å². The summed E-state index contributed by atoms with van der Waals surface area (Å²) in [5.74, 6) is -0.227. The van der Waals surface area contributed by atoms with E-state index in [2.05, 4.69) is 5.32 Å². The highest BCUT2D eigenvalue weighted by molar-refractivity contribution is 5.75. The number of carbonyl (C=O) groups is 1. The number of nitrogen functional groups attached to an aromatic ring is 1. The first-order valence-electron chi connectivity index (χ1n) is 6.67. The fourth-order valence-electron chi connectivity index (χ4n) is 1.87. The lowest BCUT2D eigenvalue weighted by Crippen LogP contribution is -2.37. The zero-order valence-corrected chi connectivity index (χ0v) is 12.1. The lowest BCUT2D eigenvalue weighted by molar-refractivity contribution is -0.122. The van der Waals surface area contributed by atoms with E-state index in [9.17, 15) is 9.59 Å². The Labute approximate surface area is 118 Å². The summed E-state index contributed by atoms with van der Waals surface area (Å²) in [7, 11) is 0. The number of rotatable bonds is 7. The molecule has 0 atom stereocenters. The van der Waals surface area contributed by atoms with Gasteiger partial charge in [-0.05, 0) is 24.3 Å². The van der Waals surface area contributed by atoms with Gasteiger partial charge in [0.1, 0.15) is 6.54 Å². The molecular weight excluding hydrogens is 258 g/mol. The molecule has 1 aromatic heterocycles. The Kier molecular flexibility index (Phi) is 5.76. The van der Waals surface area contributed by atoms with Crippen LogP contribution in [0, 0.1) is 5.41 Å². The van der Waals surface area contributed by atoms with Crippen LogP contribution in [0.25, 0.3) is 0 Å². The number of nitrogens with zero attached hydrogens (tertiary/aromatic N) is 1. The van der Waals surface area contributed by atoms with Crippen LogP contribution in [0.4, 0.5) is 5.69 Å². The Bertz CT molecular complexity index is 509. The average molecular weight is 281 g/mol. The summed E-state index contributed by atoms with van der Waals surface area (Å²) < 4.78 is 1.28. The summed E-state index contributed by atoms with van der Waals surface area (Å²) in [6.45, 7) is 4.66. The third-order valence-electron chi connectivity index (χ3n) is 3.10. The number of aliphatic hydroxyl groups excluding tert-OH is 1. The molecule has 1 amide bonds. The number of anilines is 1. The Morgan fingerprint density at radius 1 is 1.45 bits per heavy atom. The SMILES string of the molecule is CC(C)(CCCO)CNC(=O)Cn1cc(N)ccc1=O. The van der Waals surface area contributed by atoms with Crippen molar-refractivity contribution in [3.05, 3.63) is 28.7 Å². The highest BCUT2D eigenvalue weighted by atomic mass is 16.3. The van der Waals surface area contributed by atoms with E-state index in [0.717, 1.165) is 6.42 Å². The first kappa shape index (κ1) is 16.2. The molecule has 1 aromatic rings. The third-order valence-corrected chi connectivity index (χ3v) is 3.10. The Hall–Kier alpha value is -1.82. The predicted octanol–water partition coefficient (Wildman–Crippen LogP) is 0.345. The number of hydrogen-bond acceptors (Lipinski definition) is 4. The van der Waals surface area contributed by atoms with Gasteiger partial charge in [0.05, 0.1) is 0 Å². The molecule has 0 aliphatic heterocycles. The first-order chi connectivity index (χ1) is 9.34. The second kappa shape index (κ2) is 7.09. The standard InChI is InChI=1S/C14H23N3O3/c1-14(2,6-3-7-18)10-16-12(19)9-17-8-11(15)4-5-13(17)20/h4-5,8,18H,3,6-7,9-10,15H2,1-2H3,(H,16,19). The summed E-state index contributed by atoms with van der Waals surface area (Å²) >= 11 is 0. The second-order valence-electron chi connectivity index (χ2n) is 5.70. The molecule has 0 radical (unpaired) electrons. The zero-order chi connectivity index (χ0) is 15.2. The number of nitrogens with one attached hydrogen (secondary N) is 1. The maximum absolute atomic E-state index is 11.8. The van der Waals surface area contributed by atoms with E-state index < -0.39 is 0 Å². The van der Waals surface area contributed by atoms with Crippen molar-refractivity contribution in [3.63, 3.8) is 0 Å². The molecule has 6 nitrogen and oxygen atoms in total. The largest absolute Gasteiger partial charge is 0.398 e. The molecule has 1 rings (SSSR count). The van der Waals surface area contributed by atoms with E-state index in [1.807, 2.05) is 13.8 Å². The van der Waals surface area contributed by atoms with Crippen LogP contribution in [-0.4, -0.2) is 28.7 Å². The predicted molar refractivity (Wildman–Crippen MR) is 78.2 cm³/mol. The second-order valence-corrected chi connectivity index (χ2v) is 5.70. The van der Waals surface area contributed by atoms with Gasteiger partial charge in [-0.15, -0.1) is 0 Å². The van der Waals surface area contributed by atoms with Crippen LogP contribution in [0.2, 0.25) is 0 Å². The number of pyridine rings is 1. The van der Waals surface area contributed by atoms with Crippen LogP contribution in [0.3, 0.4) is 0 Å². The van der Waals surface area contributed by atoms with Crippen LogP contribution >= 0.6 is 0 Å². The fraction of sp³-hybridized carbons (Fsp3) is 0.571. The van der Waals surface area contributed by atoms with E-state index in [1.165, 1.54) is 22.9 Å². The zero-order valence-electron chi connectivity index (χ0n) is 12.1. The van der Waals surface area contributed by atoms with Gasteiger partial charge in [0.15, 0.2) is 0 Å². The van der Waals surface area contributed by atoms with Crippen molar-refractivity contribution in [2.24, 2.45) is 5.41 Å². The molecule has 0 saturated carbocycles. The summed E-state index contributed by atoms with van der Waals surface area (Å²) in [4.78, 5) is 23.4. The lowest BCUT2D eigenvalue weighted by atomic mass is 9.88. The van der Waals surface area contributed by atoms with Crippen LogP contribution < -0.4 is 16.6 Å². The molecular formula is C14H23N3O3. The van der Waals surface area contributed by atoms with Gasteiger partial charge in [0, 0.05) is 31.1 Å². The molecule has 0 aliphatic carbocycles. The molecule has 0 bridgehead atoms. The number of aromatic nitrogens is 1. The van der Waals surface area contributed by atoms with Gasteiger partial charge < -0.3 is 20.7 Å². The van der Waals surface area contributed by atoms with Gasteiger partial charge in [0.25, 0.3) is 5.56 Å². The summed E-state index contributed by atoms with van der Waals surface area (Å²) in [5.41, 5.74) is 5.69. The van der Waals surface area contributed by atoms with Crippen LogP contribution in [0.5, 0.6) is 0 Å². The molecule has 0 unspecified atom stereocenters. The summed E-state index contributed by atoms with van der Waals surface area (Å²) in [6.07, 6.45) is 2.98. The third kappa shape index (κ3) is 5.44. The number of aliphatic hydroxyl groups is 1. The van der Waals surface area contributed by atoms with Gasteiger partial charge in [-0.2, -0.15) is 0 Å². The molecule has 0 fully saturated rings. The van der Waals surface area contributed by atoms with E-state index in [4.69, 9.17) is 10.8 Å². The molecule has 112 valence electrons. The van der Waals surface area contributed by atoms with Crippen molar-refractivity contribution in [2.45, 2.75) is 33.2 Å². The van der Waals surface area contributed by atoms with E-state index in [-0.39, 0.29) is 30.0 Å². The Balaban J connectivity index is 2.52. The average Bonchev–Trinajstić information content (AvgIpc) is 2.39. The van der Waals surface area contributed by atoms with Gasteiger partial charge in [-0.1, -0.05) is 13.8 Å². The van der Waals surface area contributed by atoms with E-state index >= 15 is 0 Å². The van der Waals surface area contributed by atoms with Crippen molar-refractivity contribution in [1.29, 1.82) is 0 Å². The minimum Gasteiger partial charge on any atom is -0.398 e. The minimum atomic E-state index is -0.256. The first-order valence-corrected chi connectivity index (χ1v) is 6.67. The van der Waals surface area contributed by atoms with Gasteiger partial charge >= 0.3 is 0 Å². The highest BCUT2D eigenvalue weighted by Crippen LogP contribution is 2.20. The van der Waals surface area contributed by atoms with Crippen molar-refractivity contribution >= 4 is 11.6 Å². The van der Waals surface area contributed by atoms with Gasteiger partial charge in [-0.3, -0.25) is 9.59 Å². The molecule has 0 spiro atoms. The van der Waals surface area contributed by atoms with Crippen LogP contribution in [-0.2, 0) is 11.3 Å². The monoisotopic (exact) mass is 281 g/mol. The molecule has 0 aliphatic rings. The molecule has 1 heterocycles. The van der Waals surface area contributed by atoms with Crippen molar-refractivity contribution in [2.75, 3.05) is 18.9 Å². The normalized spacial score (nSPS) is 11.3. The Morgan fingerprint density at radius 2 is 2.15 bits per heavy atom. The maximum Gasteiger partial charge on any atom is 0.251 e. The molecule has 0 aromatic carbocycles. The molecule has 6 heteroatoms. The van der Waals surface area contributed by atoms with Crippen LogP contribution in [0.1, 0.15) is 26.7 Å². The molecule has 4 N–H and O–H groups in total. The topological polar surface area (TPSA) is 97.3 Å². The number of hydrogen-bond donors (Lipinski definition) is 3.